The van der Waals surface area contributed by atoms with Crippen molar-refractivity contribution in [3.8, 4) is 0 Å². The average molecular weight is 133 g/mol. The van der Waals surface area contributed by atoms with Crippen LogP contribution in [0.5, 0.6) is 0 Å². The molecule has 0 aromatic carbocycles. The zero-order valence-corrected chi connectivity index (χ0v) is 4.42. The maximum absolute atomic E-state index is 10.1. The van der Waals surface area contributed by atoms with E-state index in [-0.39, 0.29) is 5.69 Å². The van der Waals surface area contributed by atoms with Crippen molar-refractivity contribution < 1.29 is 9.42 Å². The number of aromatic nitrogens is 2. The van der Waals surface area contributed by atoms with Crippen molar-refractivity contribution in [2.75, 3.05) is 0 Å². The lowest BCUT2D eigenvalue weighted by molar-refractivity contribution is 0.107. The molecule has 0 atom stereocenters. The summed E-state index contributed by atoms with van der Waals surface area (Å²) in [7, 11) is 0. The summed E-state index contributed by atoms with van der Waals surface area (Å²) in [5, 5.41) is 5.64. The van der Waals surface area contributed by atoms with Crippen molar-refractivity contribution in [1.29, 1.82) is 0 Å². The van der Waals surface area contributed by atoms with Gasteiger partial charge in [-0.2, -0.15) is 0 Å². The molecule has 1 aromatic heterocycles. The molecule has 4 nitrogen and oxygen atoms in total. The molecule has 0 spiro atoms. The summed E-state index contributed by atoms with van der Waals surface area (Å²) >= 11 is 4.94. The summed E-state index contributed by atoms with van der Waals surface area (Å²) in [6, 6.07) is 0. The van der Waals surface area contributed by atoms with E-state index < -0.39 is 5.24 Å². The van der Waals surface area contributed by atoms with E-state index in [1.807, 2.05) is 0 Å². The van der Waals surface area contributed by atoms with Crippen LogP contribution in [0.15, 0.2) is 10.8 Å². The van der Waals surface area contributed by atoms with Gasteiger partial charge in [0, 0.05) is 0 Å². The standard InChI is InChI=1S/C3HClN2O2/c4-3(7)2-1-5-8-6-2/h1H. The summed E-state index contributed by atoms with van der Waals surface area (Å²) in [5.41, 5.74) is 0.0340. The number of carbonyl (C=O) groups is 1. The second-order valence-electron chi connectivity index (χ2n) is 1.07. The van der Waals surface area contributed by atoms with Crippen LogP contribution in [0.25, 0.3) is 0 Å². The first-order valence-electron chi connectivity index (χ1n) is 1.78. The van der Waals surface area contributed by atoms with E-state index >= 15 is 0 Å². The lowest BCUT2D eigenvalue weighted by Crippen LogP contribution is -1.85. The fraction of sp³-hybridized carbons (Fsp3) is 0. The van der Waals surface area contributed by atoms with Crippen LogP contribution in [-0.2, 0) is 0 Å². The molecule has 1 heterocycles. The Morgan fingerprint density at radius 2 is 2.62 bits per heavy atom. The molecule has 5 heteroatoms. The number of halogens is 1. The maximum Gasteiger partial charge on any atom is 0.276 e. The number of nitrogens with zero attached hydrogens (tertiary/aromatic N) is 2. The summed E-state index contributed by atoms with van der Waals surface area (Å²) in [6.45, 7) is 0. The second kappa shape index (κ2) is 1.92. The highest BCUT2D eigenvalue weighted by atomic mass is 35.5. The Labute approximate surface area is 49.4 Å². The van der Waals surface area contributed by atoms with Gasteiger partial charge in [0.1, 0.15) is 6.20 Å². The van der Waals surface area contributed by atoms with Crippen LogP contribution in [-0.4, -0.2) is 15.6 Å². The highest BCUT2D eigenvalue weighted by Crippen LogP contribution is 1.94. The predicted octanol–water partition coefficient (Wildman–Crippen LogP) is 0.449. The van der Waals surface area contributed by atoms with Crippen LogP contribution in [0.4, 0.5) is 0 Å². The van der Waals surface area contributed by atoms with Gasteiger partial charge >= 0.3 is 0 Å². The van der Waals surface area contributed by atoms with Crippen LogP contribution in [0.3, 0.4) is 0 Å². The normalized spacial score (nSPS) is 9.12. The molecule has 8 heavy (non-hydrogen) atoms. The minimum absolute atomic E-state index is 0.0340. The molecule has 0 N–H and O–H groups in total. The van der Waals surface area contributed by atoms with Gasteiger partial charge in [-0.3, -0.25) is 4.79 Å². The van der Waals surface area contributed by atoms with Gasteiger partial charge in [-0.15, -0.1) is 0 Å². The topological polar surface area (TPSA) is 56.0 Å². The van der Waals surface area contributed by atoms with E-state index in [1.165, 1.54) is 0 Å². The molecule has 0 amide bonds. The smallest absolute Gasteiger partial charge is 0.274 e. The third-order valence-electron chi connectivity index (χ3n) is 0.563. The lowest BCUT2D eigenvalue weighted by Gasteiger charge is -1.71. The molecule has 0 saturated carbocycles. The van der Waals surface area contributed by atoms with Gasteiger partial charge in [0.2, 0.25) is 0 Å². The van der Waals surface area contributed by atoms with E-state index in [4.69, 9.17) is 11.6 Å². The number of rotatable bonds is 1. The Bertz CT molecular complexity index is 183. The Hall–Kier alpha value is -0.900. The van der Waals surface area contributed by atoms with E-state index in [0.717, 1.165) is 6.20 Å². The Balaban J connectivity index is 2.93. The first kappa shape index (κ1) is 5.24. The van der Waals surface area contributed by atoms with Gasteiger partial charge in [0.05, 0.1) is 0 Å². The molecule has 42 valence electrons. The van der Waals surface area contributed by atoms with E-state index in [1.54, 1.807) is 0 Å². The minimum Gasteiger partial charge on any atom is -0.274 e. The van der Waals surface area contributed by atoms with Crippen LogP contribution in [0.2, 0.25) is 0 Å². The van der Waals surface area contributed by atoms with Gasteiger partial charge in [0.25, 0.3) is 5.24 Å². The van der Waals surface area contributed by atoms with Crippen molar-refractivity contribution in [3.05, 3.63) is 11.9 Å². The van der Waals surface area contributed by atoms with Gasteiger partial charge in [-0.1, -0.05) is 5.16 Å². The quantitative estimate of drug-likeness (QED) is 0.521. The third-order valence-corrected chi connectivity index (χ3v) is 0.756. The van der Waals surface area contributed by atoms with Crippen LogP contribution >= 0.6 is 11.6 Å². The molecule has 0 bridgehead atoms. The maximum atomic E-state index is 10.1. The molecular weight excluding hydrogens is 131 g/mol. The predicted molar refractivity (Wildman–Crippen MR) is 24.5 cm³/mol. The summed E-state index contributed by atoms with van der Waals surface area (Å²) in [6.07, 6.45) is 1.15. The molecular formula is C3HClN2O2. The fourth-order valence-electron chi connectivity index (χ4n) is 0.251. The van der Waals surface area contributed by atoms with Crippen LogP contribution < -0.4 is 0 Å². The average Bonchev–Trinajstić information content (AvgIpc) is 2.12. The third kappa shape index (κ3) is 0.840. The largest absolute Gasteiger partial charge is 0.276 e. The van der Waals surface area contributed by atoms with Gasteiger partial charge < -0.3 is 0 Å². The Morgan fingerprint density at radius 1 is 1.88 bits per heavy atom. The number of hydrogen-bond donors (Lipinski definition) is 0. The van der Waals surface area contributed by atoms with Crippen molar-refractivity contribution in [3.63, 3.8) is 0 Å². The molecule has 0 aliphatic heterocycles. The summed E-state index contributed by atoms with van der Waals surface area (Å²) in [4.78, 5) is 10.1. The van der Waals surface area contributed by atoms with E-state index in [2.05, 4.69) is 14.9 Å². The molecule has 0 aliphatic carbocycles. The summed E-state index contributed by atoms with van der Waals surface area (Å²) in [5.74, 6) is 0. The Morgan fingerprint density at radius 3 is 2.88 bits per heavy atom. The molecule has 0 unspecified atom stereocenters. The van der Waals surface area contributed by atoms with Crippen molar-refractivity contribution in [1.82, 2.24) is 10.3 Å². The summed E-state index contributed by atoms with van der Waals surface area (Å²) < 4.78 is 4.07. The minimum atomic E-state index is -0.661. The molecule has 0 fully saturated rings. The molecule has 0 saturated heterocycles. The van der Waals surface area contributed by atoms with Crippen molar-refractivity contribution in [2.45, 2.75) is 0 Å². The van der Waals surface area contributed by atoms with E-state index in [0.29, 0.717) is 0 Å². The lowest BCUT2D eigenvalue weighted by atomic mass is 10.5. The van der Waals surface area contributed by atoms with E-state index in [9.17, 15) is 4.79 Å². The zero-order valence-electron chi connectivity index (χ0n) is 3.67. The van der Waals surface area contributed by atoms with Gasteiger partial charge in [-0.25, -0.2) is 4.63 Å². The highest BCUT2D eigenvalue weighted by molar-refractivity contribution is 6.67. The van der Waals surface area contributed by atoms with Gasteiger partial charge in [-0.05, 0) is 16.8 Å². The first-order chi connectivity index (χ1) is 3.80. The zero-order chi connectivity index (χ0) is 5.98. The molecule has 0 radical (unpaired) electrons. The highest BCUT2D eigenvalue weighted by Gasteiger charge is 2.03. The fourth-order valence-corrected chi connectivity index (χ4v) is 0.335. The monoisotopic (exact) mass is 132 g/mol. The molecule has 1 rings (SSSR count). The Kier molecular flexibility index (Phi) is 1.26. The van der Waals surface area contributed by atoms with Crippen LogP contribution in [0, 0.1) is 0 Å². The molecule has 0 aliphatic rings. The van der Waals surface area contributed by atoms with Crippen molar-refractivity contribution >= 4 is 16.8 Å². The first-order valence-corrected chi connectivity index (χ1v) is 2.16. The van der Waals surface area contributed by atoms with Gasteiger partial charge in [0.15, 0.2) is 5.69 Å². The SMILES string of the molecule is O=C(Cl)c1cnon1. The van der Waals surface area contributed by atoms with Crippen molar-refractivity contribution in [2.24, 2.45) is 0 Å². The molecule has 1 aromatic rings. The number of carbonyl (C=O) groups excluding carboxylic acids is 1. The number of hydrogen-bond acceptors (Lipinski definition) is 4. The van der Waals surface area contributed by atoms with Crippen LogP contribution in [0.1, 0.15) is 10.5 Å². The second-order valence-corrected chi connectivity index (χ2v) is 1.41.